The highest BCUT2D eigenvalue weighted by atomic mass is 35.5. The lowest BCUT2D eigenvalue weighted by molar-refractivity contribution is -0.134. The summed E-state index contributed by atoms with van der Waals surface area (Å²) in [6, 6.07) is 0. The molecule has 1 N–H and O–H groups in total. The van der Waals surface area contributed by atoms with Gasteiger partial charge >= 0.3 is 12.4 Å². The Morgan fingerprint density at radius 2 is 1.25 bits per heavy atom. The van der Waals surface area contributed by atoms with Gasteiger partial charge in [-0.05, 0) is 0 Å². The van der Waals surface area contributed by atoms with Crippen LogP contribution in [-0.4, -0.2) is 17.5 Å². The average molecular weight is 214 g/mol. The fraction of sp³-hybridized carbons (Fsp3) is 0.500. The molecule has 0 aromatic heterocycles. The molecule has 0 heterocycles. The highest BCUT2D eigenvalue weighted by Crippen LogP contribution is 2.36. The first-order valence-electron chi connectivity index (χ1n) is 2.30. The molecule has 0 aromatic rings. The summed E-state index contributed by atoms with van der Waals surface area (Å²) in [4.78, 5) is 0. The number of hydrogen-bond acceptors (Lipinski definition) is 1. The van der Waals surface area contributed by atoms with E-state index in [-0.39, 0.29) is 0 Å². The number of rotatable bonds is 0. The van der Waals surface area contributed by atoms with Gasteiger partial charge in [0.2, 0.25) is 5.76 Å². The minimum Gasteiger partial charge on any atom is -0.503 e. The molecule has 0 unspecified atom stereocenters. The smallest absolute Gasteiger partial charge is 0.450 e. The number of allylic oxidation sites excluding steroid dienone is 2. The van der Waals surface area contributed by atoms with Crippen molar-refractivity contribution in [3.05, 3.63) is 10.8 Å². The van der Waals surface area contributed by atoms with Crippen molar-refractivity contribution in [2.45, 2.75) is 12.4 Å². The van der Waals surface area contributed by atoms with Crippen LogP contribution in [0.15, 0.2) is 10.8 Å². The maximum absolute atomic E-state index is 11.4. The van der Waals surface area contributed by atoms with E-state index in [1.165, 1.54) is 0 Å². The van der Waals surface area contributed by atoms with Crippen molar-refractivity contribution in [1.82, 2.24) is 0 Å². The molecule has 0 rings (SSSR count). The Morgan fingerprint density at radius 3 is 1.33 bits per heavy atom. The normalized spacial score (nSPS) is 15.9. The summed E-state index contributed by atoms with van der Waals surface area (Å²) in [5.74, 6) is -2.84. The molecule has 0 saturated heterocycles. The molecular weight excluding hydrogens is 213 g/mol. The molecule has 72 valence electrons. The summed E-state index contributed by atoms with van der Waals surface area (Å²) in [5, 5.41) is 5.32. The number of hydrogen-bond donors (Lipinski definition) is 1. The van der Waals surface area contributed by atoms with Gasteiger partial charge in [-0.3, -0.25) is 0 Å². The van der Waals surface area contributed by atoms with Crippen molar-refractivity contribution < 1.29 is 31.4 Å². The Morgan fingerprint density at radius 1 is 0.917 bits per heavy atom. The minimum atomic E-state index is -5.48. The third-order valence-electron chi connectivity index (χ3n) is 0.725. The van der Waals surface area contributed by atoms with Crippen LogP contribution < -0.4 is 0 Å². The Kier molecular flexibility index (Phi) is 2.89. The first kappa shape index (κ1) is 11.4. The number of aliphatic hydroxyl groups is 1. The van der Waals surface area contributed by atoms with Crippen LogP contribution in [0.25, 0.3) is 0 Å². The molecule has 0 fully saturated rings. The zero-order chi connectivity index (χ0) is 10.2. The second-order valence-corrected chi connectivity index (χ2v) is 2.04. The van der Waals surface area contributed by atoms with Gasteiger partial charge in [-0.15, -0.1) is 0 Å². The average Bonchev–Trinajstić information content (AvgIpc) is 1.80. The molecule has 12 heavy (non-hydrogen) atoms. The highest BCUT2D eigenvalue weighted by Gasteiger charge is 2.45. The predicted octanol–water partition coefficient (Wildman–Crippen LogP) is 3.12. The van der Waals surface area contributed by atoms with E-state index in [1.54, 1.807) is 0 Å². The molecule has 0 saturated carbocycles. The molecule has 0 radical (unpaired) electrons. The van der Waals surface area contributed by atoms with Crippen molar-refractivity contribution in [3.63, 3.8) is 0 Å². The van der Waals surface area contributed by atoms with Gasteiger partial charge in [0.05, 0.1) is 0 Å². The van der Waals surface area contributed by atoms with E-state index in [4.69, 9.17) is 5.11 Å². The topological polar surface area (TPSA) is 20.2 Å². The summed E-state index contributed by atoms with van der Waals surface area (Å²) >= 11 is 4.18. The maximum atomic E-state index is 11.4. The summed E-state index contributed by atoms with van der Waals surface area (Å²) in [6.07, 6.45) is -10.9. The molecule has 0 amide bonds. The number of alkyl halides is 6. The molecule has 0 aromatic carbocycles. The summed E-state index contributed by atoms with van der Waals surface area (Å²) in [7, 11) is 0. The first-order valence-corrected chi connectivity index (χ1v) is 2.67. The van der Waals surface area contributed by atoms with Crippen LogP contribution in [0.1, 0.15) is 0 Å². The third kappa shape index (κ3) is 2.80. The SMILES string of the molecule is O/C(=C(/Cl)C(F)(F)F)C(F)(F)F. The molecule has 8 heteroatoms. The number of aliphatic hydroxyl groups excluding tert-OH is 1. The van der Waals surface area contributed by atoms with Gasteiger partial charge in [-0.25, -0.2) is 0 Å². The minimum absolute atomic E-state index is 2.57. The molecule has 0 spiro atoms. The van der Waals surface area contributed by atoms with Crippen LogP contribution in [0.3, 0.4) is 0 Å². The van der Waals surface area contributed by atoms with Gasteiger partial charge in [0.15, 0.2) is 5.03 Å². The Balaban J connectivity index is 4.96. The second-order valence-electron chi connectivity index (χ2n) is 1.66. The van der Waals surface area contributed by atoms with Crippen LogP contribution in [0, 0.1) is 0 Å². The zero-order valence-corrected chi connectivity index (χ0v) is 5.85. The zero-order valence-electron chi connectivity index (χ0n) is 5.09. The quantitative estimate of drug-likeness (QED) is 0.485. The highest BCUT2D eigenvalue weighted by molar-refractivity contribution is 6.30. The van der Waals surface area contributed by atoms with Crippen LogP contribution in [0.2, 0.25) is 0 Å². The Hall–Kier alpha value is -0.590. The lowest BCUT2D eigenvalue weighted by atomic mass is 10.4. The standard InChI is InChI=1S/C4HClF6O/c5-1(3(6,7)8)2(12)4(9,10)11/h12H/b2-1+. The van der Waals surface area contributed by atoms with E-state index in [0.717, 1.165) is 0 Å². The lowest BCUT2D eigenvalue weighted by Gasteiger charge is -2.09. The van der Waals surface area contributed by atoms with Crippen LogP contribution >= 0.6 is 11.6 Å². The van der Waals surface area contributed by atoms with E-state index < -0.39 is 23.1 Å². The maximum Gasteiger partial charge on any atom is 0.450 e. The molecule has 0 bridgehead atoms. The number of halogens is 7. The van der Waals surface area contributed by atoms with E-state index in [2.05, 4.69) is 11.6 Å². The second kappa shape index (κ2) is 3.04. The first-order chi connectivity index (χ1) is 5.07. The van der Waals surface area contributed by atoms with Gasteiger partial charge in [0.1, 0.15) is 0 Å². The monoisotopic (exact) mass is 214 g/mol. The van der Waals surface area contributed by atoms with Gasteiger partial charge in [0.25, 0.3) is 0 Å². The molecule has 0 aliphatic rings. The van der Waals surface area contributed by atoms with Gasteiger partial charge in [0, 0.05) is 0 Å². The molecular formula is C4HClF6O. The van der Waals surface area contributed by atoms with Crippen molar-refractivity contribution in [3.8, 4) is 0 Å². The summed E-state index contributed by atoms with van der Waals surface area (Å²) in [5.41, 5.74) is 0. The fourth-order valence-electron chi connectivity index (χ4n) is 0.259. The van der Waals surface area contributed by atoms with E-state index in [9.17, 15) is 26.3 Å². The van der Waals surface area contributed by atoms with Crippen molar-refractivity contribution in [2.75, 3.05) is 0 Å². The molecule has 0 aliphatic carbocycles. The van der Waals surface area contributed by atoms with Crippen LogP contribution in [0.4, 0.5) is 26.3 Å². The van der Waals surface area contributed by atoms with E-state index >= 15 is 0 Å². The summed E-state index contributed by atoms with van der Waals surface area (Å²) < 4.78 is 68.2. The van der Waals surface area contributed by atoms with Crippen molar-refractivity contribution in [1.29, 1.82) is 0 Å². The largest absolute Gasteiger partial charge is 0.503 e. The van der Waals surface area contributed by atoms with Gasteiger partial charge in [-0.2, -0.15) is 26.3 Å². The van der Waals surface area contributed by atoms with E-state index in [0.29, 0.717) is 0 Å². The van der Waals surface area contributed by atoms with Crippen LogP contribution in [0.5, 0.6) is 0 Å². The van der Waals surface area contributed by atoms with Gasteiger partial charge < -0.3 is 5.11 Å². The summed E-state index contributed by atoms with van der Waals surface area (Å²) in [6.45, 7) is 0. The van der Waals surface area contributed by atoms with Crippen LogP contribution in [-0.2, 0) is 0 Å². The lowest BCUT2D eigenvalue weighted by Crippen LogP contribution is -2.19. The fourth-order valence-corrected chi connectivity index (χ4v) is 0.366. The third-order valence-corrected chi connectivity index (χ3v) is 1.12. The Labute approximate surface area is 67.2 Å². The van der Waals surface area contributed by atoms with Gasteiger partial charge in [-0.1, -0.05) is 11.6 Å². The molecule has 0 aliphatic heterocycles. The Bertz CT molecular complexity index is 179. The van der Waals surface area contributed by atoms with Crippen molar-refractivity contribution >= 4 is 11.6 Å². The van der Waals surface area contributed by atoms with Crippen molar-refractivity contribution in [2.24, 2.45) is 0 Å². The van der Waals surface area contributed by atoms with E-state index in [1.807, 2.05) is 0 Å². The molecule has 0 atom stereocenters. The predicted molar refractivity (Wildman–Crippen MR) is 27.6 cm³/mol. The molecule has 1 nitrogen and oxygen atoms in total.